The first-order valence-corrected chi connectivity index (χ1v) is 9.96. The largest absolute Gasteiger partial charge is 0.506 e. The van der Waals surface area contributed by atoms with Crippen molar-refractivity contribution in [3.05, 3.63) is 42.2 Å². The van der Waals surface area contributed by atoms with Crippen molar-refractivity contribution in [1.82, 2.24) is 4.72 Å². The molecule has 28 heavy (non-hydrogen) atoms. The molecule has 1 aliphatic carbocycles. The summed E-state index contributed by atoms with van der Waals surface area (Å²) in [6.45, 7) is -0.623. The van der Waals surface area contributed by atoms with Crippen molar-refractivity contribution in [1.29, 1.82) is 0 Å². The van der Waals surface area contributed by atoms with Crippen LogP contribution in [0.1, 0.15) is 12.8 Å². The second-order valence-corrected chi connectivity index (χ2v) is 8.27. The molecule has 1 aliphatic heterocycles. The Balaban J connectivity index is 1.67. The molecule has 0 radical (unpaired) electrons. The fraction of sp³-hybridized carbons (Fsp3) is 0.222. The Morgan fingerprint density at radius 1 is 1.18 bits per heavy atom. The van der Waals surface area contributed by atoms with Gasteiger partial charge < -0.3 is 10.4 Å². The van der Waals surface area contributed by atoms with Crippen LogP contribution in [0.5, 0.6) is 5.75 Å². The maximum Gasteiger partial charge on any atom is 0.326 e. The van der Waals surface area contributed by atoms with Crippen molar-refractivity contribution in [2.45, 2.75) is 12.8 Å². The zero-order chi connectivity index (χ0) is 20.1. The van der Waals surface area contributed by atoms with Crippen LogP contribution in [-0.2, 0) is 19.8 Å². The van der Waals surface area contributed by atoms with Gasteiger partial charge in [-0.25, -0.2) is 13.4 Å². The number of nitrogens with zero attached hydrogens (tertiary/aromatic N) is 1. The van der Waals surface area contributed by atoms with Gasteiger partial charge in [-0.05, 0) is 42.7 Å². The fourth-order valence-corrected chi connectivity index (χ4v) is 4.15. The number of benzene rings is 2. The molecule has 8 nitrogen and oxygen atoms in total. The maximum absolute atomic E-state index is 15.1. The monoisotopic (exact) mass is 405 g/mol. The Morgan fingerprint density at radius 2 is 1.86 bits per heavy atom. The zero-order valence-electron chi connectivity index (χ0n) is 14.5. The Kier molecular flexibility index (Phi) is 4.22. The van der Waals surface area contributed by atoms with Gasteiger partial charge in [0.15, 0.2) is 5.82 Å². The van der Waals surface area contributed by atoms with Gasteiger partial charge in [-0.2, -0.15) is 8.42 Å². The van der Waals surface area contributed by atoms with Gasteiger partial charge in [-0.15, -0.1) is 0 Å². The summed E-state index contributed by atoms with van der Waals surface area (Å²) in [6, 6.07) is 8.84. The molecule has 3 N–H and O–H groups in total. The summed E-state index contributed by atoms with van der Waals surface area (Å²) < 4.78 is 41.3. The third-order valence-electron chi connectivity index (χ3n) is 4.58. The highest BCUT2D eigenvalue weighted by atomic mass is 32.2. The van der Waals surface area contributed by atoms with E-state index in [0.29, 0.717) is 15.6 Å². The van der Waals surface area contributed by atoms with E-state index in [1.54, 1.807) is 29.0 Å². The molecule has 146 valence electrons. The standard InChI is InChI=1S/C18H16FN3O5S/c19-16-13(10-3-5-12(6-4-10)20-18(25)11-1-2-11)7-8-14(23)17(16)22-9-15(24)21-28(22,26)27/h3-8,11,23H,1-2,9H2,(H,20,25)(H,21,24). The van der Waals surface area contributed by atoms with Crippen LogP contribution in [0.2, 0.25) is 0 Å². The molecule has 1 saturated heterocycles. The Bertz CT molecular complexity index is 1080. The molecule has 1 heterocycles. The molecule has 2 amide bonds. The predicted octanol–water partition coefficient (Wildman–Crippen LogP) is 1.73. The number of carbonyl (C=O) groups excluding carboxylic acids is 2. The molecule has 0 bridgehead atoms. The van der Waals surface area contributed by atoms with Crippen LogP contribution in [0, 0.1) is 11.7 Å². The van der Waals surface area contributed by atoms with E-state index in [4.69, 9.17) is 0 Å². The molecule has 4 rings (SSSR count). The van der Waals surface area contributed by atoms with E-state index in [9.17, 15) is 23.1 Å². The second-order valence-electron chi connectivity index (χ2n) is 6.67. The normalized spacial score (nSPS) is 18.0. The number of amides is 2. The first-order chi connectivity index (χ1) is 13.3. The van der Waals surface area contributed by atoms with Gasteiger partial charge in [0.25, 0.3) is 5.91 Å². The van der Waals surface area contributed by atoms with E-state index >= 15 is 4.39 Å². The number of rotatable bonds is 4. The molecule has 10 heteroatoms. The average Bonchev–Trinajstić information content (AvgIpc) is 3.43. The number of nitrogens with one attached hydrogen (secondary N) is 2. The number of aromatic hydroxyl groups is 1. The summed E-state index contributed by atoms with van der Waals surface area (Å²) in [4.78, 5) is 23.2. The molecular weight excluding hydrogens is 389 g/mol. The minimum absolute atomic E-state index is 0.0439. The van der Waals surface area contributed by atoms with Crippen LogP contribution in [-0.4, -0.2) is 31.9 Å². The summed E-state index contributed by atoms with van der Waals surface area (Å²) >= 11 is 0. The minimum atomic E-state index is -4.27. The van der Waals surface area contributed by atoms with Gasteiger partial charge in [-0.3, -0.25) is 9.59 Å². The summed E-state index contributed by atoms with van der Waals surface area (Å²) in [5, 5.41) is 12.8. The third-order valence-corrected chi connectivity index (χ3v) is 5.95. The molecule has 2 fully saturated rings. The number of hydrogen-bond donors (Lipinski definition) is 3. The topological polar surface area (TPSA) is 116 Å². The Hall–Kier alpha value is -3.14. The van der Waals surface area contributed by atoms with Crippen molar-refractivity contribution in [3.8, 4) is 16.9 Å². The predicted molar refractivity (Wildman–Crippen MR) is 99.3 cm³/mol. The molecular formula is C18H16FN3O5S. The Morgan fingerprint density at radius 3 is 2.43 bits per heavy atom. The SMILES string of the molecule is O=C1CN(c2c(O)ccc(-c3ccc(NC(=O)C4CC4)cc3)c2F)S(=O)(=O)N1. The fourth-order valence-electron chi connectivity index (χ4n) is 2.98. The molecule has 0 spiro atoms. The van der Waals surface area contributed by atoms with Gasteiger partial charge in [0.2, 0.25) is 5.91 Å². The number of hydrogen-bond acceptors (Lipinski definition) is 5. The lowest BCUT2D eigenvalue weighted by Gasteiger charge is -2.18. The highest BCUT2D eigenvalue weighted by Crippen LogP contribution is 2.39. The van der Waals surface area contributed by atoms with Gasteiger partial charge >= 0.3 is 10.2 Å². The van der Waals surface area contributed by atoms with Crippen LogP contribution in [0.25, 0.3) is 11.1 Å². The smallest absolute Gasteiger partial charge is 0.326 e. The Labute approximate surface area is 160 Å². The number of anilines is 2. The first-order valence-electron chi connectivity index (χ1n) is 8.52. The quantitative estimate of drug-likeness (QED) is 0.716. The van der Waals surface area contributed by atoms with Crippen LogP contribution in [0.15, 0.2) is 36.4 Å². The van der Waals surface area contributed by atoms with Crippen molar-refractivity contribution < 1.29 is 27.5 Å². The molecule has 0 unspecified atom stereocenters. The molecule has 1 saturated carbocycles. The summed E-state index contributed by atoms with van der Waals surface area (Å²) in [6.07, 6.45) is 1.75. The van der Waals surface area contributed by atoms with Crippen LogP contribution in [0.3, 0.4) is 0 Å². The molecule has 2 aromatic rings. The van der Waals surface area contributed by atoms with Gasteiger partial charge in [0.1, 0.15) is 18.0 Å². The van der Waals surface area contributed by atoms with Crippen molar-refractivity contribution in [2.75, 3.05) is 16.2 Å². The van der Waals surface area contributed by atoms with E-state index < -0.39 is 39.9 Å². The third kappa shape index (κ3) is 3.26. The van der Waals surface area contributed by atoms with Gasteiger partial charge in [0, 0.05) is 17.2 Å². The lowest BCUT2D eigenvalue weighted by Crippen LogP contribution is -2.30. The molecule has 0 atom stereocenters. The lowest BCUT2D eigenvalue weighted by atomic mass is 10.0. The average molecular weight is 405 g/mol. The first kappa shape index (κ1) is 18.2. The zero-order valence-corrected chi connectivity index (χ0v) is 15.3. The molecule has 2 aliphatic rings. The second kappa shape index (κ2) is 6.48. The number of carbonyl (C=O) groups is 2. The lowest BCUT2D eigenvalue weighted by molar-refractivity contribution is -0.118. The van der Waals surface area contributed by atoms with Crippen LogP contribution >= 0.6 is 0 Å². The summed E-state index contributed by atoms with van der Waals surface area (Å²) in [5.41, 5.74) is 0.431. The van der Waals surface area contributed by atoms with E-state index in [-0.39, 0.29) is 17.4 Å². The van der Waals surface area contributed by atoms with E-state index in [1.807, 2.05) is 0 Å². The van der Waals surface area contributed by atoms with Crippen LogP contribution in [0.4, 0.5) is 15.8 Å². The maximum atomic E-state index is 15.1. The highest BCUT2D eigenvalue weighted by Gasteiger charge is 2.38. The highest BCUT2D eigenvalue weighted by molar-refractivity contribution is 7.92. The van der Waals surface area contributed by atoms with Crippen molar-refractivity contribution >= 4 is 33.4 Å². The van der Waals surface area contributed by atoms with Crippen LogP contribution < -0.4 is 14.3 Å². The van der Waals surface area contributed by atoms with E-state index in [2.05, 4.69) is 5.32 Å². The molecule has 0 aromatic heterocycles. The van der Waals surface area contributed by atoms with E-state index in [1.165, 1.54) is 6.07 Å². The summed E-state index contributed by atoms with van der Waals surface area (Å²) in [5.74, 6) is -2.40. The number of phenols is 1. The van der Waals surface area contributed by atoms with Gasteiger partial charge in [-0.1, -0.05) is 12.1 Å². The molecule has 2 aromatic carbocycles. The summed E-state index contributed by atoms with van der Waals surface area (Å²) in [7, 11) is -4.27. The van der Waals surface area contributed by atoms with Crippen molar-refractivity contribution in [2.24, 2.45) is 5.92 Å². The van der Waals surface area contributed by atoms with E-state index in [0.717, 1.165) is 18.9 Å². The van der Waals surface area contributed by atoms with Crippen molar-refractivity contribution in [3.63, 3.8) is 0 Å². The number of halogens is 1. The number of phenolic OH excluding ortho intramolecular Hbond substituents is 1. The van der Waals surface area contributed by atoms with Gasteiger partial charge in [0.05, 0.1) is 0 Å². The minimum Gasteiger partial charge on any atom is -0.506 e.